The topological polar surface area (TPSA) is 64.2 Å². The zero-order chi connectivity index (χ0) is 28.4. The fraction of sp³-hybridized carbons (Fsp3) is 0.522. The molecular weight excluding hydrogens is 383 g/mol. The van der Waals surface area contributed by atoms with Crippen LogP contribution in [0, 0.1) is 12.7 Å². The van der Waals surface area contributed by atoms with Crippen molar-refractivity contribution in [2.75, 3.05) is 19.6 Å². The van der Waals surface area contributed by atoms with Gasteiger partial charge in [0.25, 0.3) is 5.56 Å². The van der Waals surface area contributed by atoms with Crippen LogP contribution in [0.2, 0.25) is 0 Å². The third-order valence-electron chi connectivity index (χ3n) is 5.78. The second-order valence-corrected chi connectivity index (χ2v) is 7.64. The first-order chi connectivity index (χ1) is 18.2. The molecular formula is C23H27FN4O2. The van der Waals surface area contributed by atoms with E-state index in [1.165, 1.54) is 4.57 Å². The second-order valence-electron chi connectivity index (χ2n) is 7.64. The Hall–Kier alpha value is -2.54. The summed E-state index contributed by atoms with van der Waals surface area (Å²) in [4.78, 5) is 19.4. The molecule has 30 heavy (non-hydrogen) atoms. The minimum atomic E-state index is -2.70. The largest absolute Gasteiger partial charge is 0.356 e. The molecule has 0 N–H and O–H groups in total. The Balaban J connectivity index is 1.37. The van der Waals surface area contributed by atoms with Crippen molar-refractivity contribution in [1.82, 2.24) is 19.6 Å². The molecule has 2 unspecified atom stereocenters. The summed E-state index contributed by atoms with van der Waals surface area (Å²) in [5.41, 5.74) is -0.889. The summed E-state index contributed by atoms with van der Waals surface area (Å²) in [6, 6.07) is -1.81. The monoisotopic (exact) mass is 419 g/mol. The molecule has 0 bridgehead atoms. The Morgan fingerprint density at radius 2 is 2.30 bits per heavy atom. The number of aryl methyl sites for hydroxylation is 2. The van der Waals surface area contributed by atoms with E-state index in [-0.39, 0.29) is 66.2 Å². The first-order valence-electron chi connectivity index (χ1n) is 14.6. The van der Waals surface area contributed by atoms with Gasteiger partial charge < -0.3 is 9.42 Å². The van der Waals surface area contributed by atoms with Gasteiger partial charge in [0.2, 0.25) is 0 Å². The van der Waals surface area contributed by atoms with Crippen LogP contribution in [0.25, 0.3) is 11.0 Å². The highest BCUT2D eigenvalue weighted by molar-refractivity contribution is 5.79. The van der Waals surface area contributed by atoms with E-state index in [2.05, 4.69) is 10.1 Å². The number of nitrogens with zero attached hydrogens (tertiary/aromatic N) is 4. The van der Waals surface area contributed by atoms with Crippen molar-refractivity contribution in [3.05, 3.63) is 57.1 Å². The molecule has 2 aliphatic heterocycles. The summed E-state index contributed by atoms with van der Waals surface area (Å²) in [6.45, 7) is -1.47. The van der Waals surface area contributed by atoms with Crippen molar-refractivity contribution < 1.29 is 21.3 Å². The molecule has 6 nitrogen and oxygen atoms in total. The zero-order valence-electron chi connectivity index (χ0n) is 25.3. The van der Waals surface area contributed by atoms with Crippen LogP contribution in [0.3, 0.4) is 0 Å². The van der Waals surface area contributed by atoms with E-state index >= 15 is 0 Å². The van der Waals surface area contributed by atoms with Gasteiger partial charge in [-0.05, 0) is 64.1 Å². The Bertz CT molecular complexity index is 1500. The number of piperidine rings is 1. The highest BCUT2D eigenvalue weighted by atomic mass is 19.1. The van der Waals surface area contributed by atoms with Crippen molar-refractivity contribution in [3.63, 3.8) is 0 Å². The quantitative estimate of drug-likeness (QED) is 0.647. The number of fused-ring (bicyclic) bond motifs is 2. The molecule has 0 spiro atoms. The molecule has 2 aliphatic rings. The normalized spacial score (nSPS) is 28.8. The van der Waals surface area contributed by atoms with Gasteiger partial charge in [0.1, 0.15) is 11.6 Å². The molecule has 0 saturated carbocycles. The van der Waals surface area contributed by atoms with Gasteiger partial charge in [0.05, 0.1) is 9.81 Å². The van der Waals surface area contributed by atoms with Crippen molar-refractivity contribution in [3.8, 4) is 0 Å². The van der Waals surface area contributed by atoms with Crippen LogP contribution in [-0.2, 0) is 19.3 Å². The second kappa shape index (κ2) is 7.95. The lowest BCUT2D eigenvalue weighted by Gasteiger charge is -2.31. The van der Waals surface area contributed by atoms with Crippen molar-refractivity contribution in [2.45, 2.75) is 57.8 Å². The lowest BCUT2D eigenvalue weighted by Crippen LogP contribution is -2.37. The third-order valence-corrected chi connectivity index (χ3v) is 5.78. The average molecular weight is 420 g/mol. The number of benzene rings is 1. The highest BCUT2D eigenvalue weighted by Gasteiger charge is 2.25. The summed E-state index contributed by atoms with van der Waals surface area (Å²) in [7, 11) is 0. The molecule has 4 heterocycles. The van der Waals surface area contributed by atoms with E-state index < -0.39 is 55.0 Å². The van der Waals surface area contributed by atoms with Crippen LogP contribution >= 0.6 is 0 Å². The van der Waals surface area contributed by atoms with E-state index in [1.807, 2.05) is 4.90 Å². The smallest absolute Gasteiger partial charge is 0.256 e. The maximum absolute atomic E-state index is 14.1. The van der Waals surface area contributed by atoms with Crippen LogP contribution in [-0.4, -0.2) is 39.2 Å². The number of halogens is 1. The maximum Gasteiger partial charge on any atom is 0.256 e. The molecule has 0 radical (unpaired) electrons. The third kappa shape index (κ3) is 3.55. The molecule has 1 fully saturated rings. The number of likely N-dealkylation sites (tertiary alicyclic amines) is 1. The summed E-state index contributed by atoms with van der Waals surface area (Å²) in [5.74, 6) is -1.81. The van der Waals surface area contributed by atoms with Gasteiger partial charge in [-0.15, -0.1) is 0 Å². The van der Waals surface area contributed by atoms with E-state index in [0.29, 0.717) is 19.4 Å². The van der Waals surface area contributed by atoms with Crippen molar-refractivity contribution in [1.29, 1.82) is 0 Å². The van der Waals surface area contributed by atoms with Crippen LogP contribution < -0.4 is 5.56 Å². The lowest BCUT2D eigenvalue weighted by molar-refractivity contribution is 0.211. The number of hydrogen-bond acceptors (Lipinski definition) is 5. The SMILES string of the molecule is [2H]c1c(F)c([2H])c2onc(C3CCN(CCc4c(C([2H])([2H])[2H])nc5n(c4=O)CCCC5([2H])[2H])CC3[2H])c2c1[2H]. The van der Waals surface area contributed by atoms with Crippen LogP contribution in [0.15, 0.2) is 27.4 Å². The number of rotatable bonds is 4. The van der Waals surface area contributed by atoms with Gasteiger partial charge in [-0.2, -0.15) is 0 Å². The minimum Gasteiger partial charge on any atom is -0.356 e. The maximum atomic E-state index is 14.1. The Morgan fingerprint density at radius 1 is 1.37 bits per heavy atom. The fourth-order valence-electron chi connectivity index (χ4n) is 4.14. The molecule has 2 aromatic heterocycles. The lowest BCUT2D eigenvalue weighted by atomic mass is 9.91. The first kappa shape index (κ1) is 11.7. The molecule has 2 atom stereocenters. The Kier molecular flexibility index (Phi) is 3.11. The van der Waals surface area contributed by atoms with Gasteiger partial charge in [-0.1, -0.05) is 5.16 Å². The molecule has 3 aromatic rings. The molecule has 0 aliphatic carbocycles. The molecule has 7 heteroatoms. The van der Waals surface area contributed by atoms with E-state index in [9.17, 15) is 9.18 Å². The van der Waals surface area contributed by atoms with Gasteiger partial charge in [0.15, 0.2) is 5.58 Å². The summed E-state index contributed by atoms with van der Waals surface area (Å²) < 4.78 is 93.2. The molecule has 1 aromatic carbocycles. The first-order valence-corrected chi connectivity index (χ1v) is 10.1. The van der Waals surface area contributed by atoms with Gasteiger partial charge in [0, 0.05) is 56.3 Å². The molecule has 1 saturated heterocycles. The van der Waals surface area contributed by atoms with E-state index in [0.717, 1.165) is 0 Å². The number of hydrogen-bond donors (Lipinski definition) is 0. The van der Waals surface area contributed by atoms with Crippen molar-refractivity contribution in [2.24, 2.45) is 0 Å². The van der Waals surface area contributed by atoms with Gasteiger partial charge >= 0.3 is 0 Å². The Labute approximate surface area is 187 Å². The van der Waals surface area contributed by atoms with E-state index in [4.69, 9.17) is 16.9 Å². The van der Waals surface area contributed by atoms with Gasteiger partial charge in [-0.25, -0.2) is 9.37 Å². The highest BCUT2D eigenvalue weighted by Crippen LogP contribution is 2.32. The summed E-state index contributed by atoms with van der Waals surface area (Å²) in [6.07, 6.45) is -1.59. The van der Waals surface area contributed by atoms with Crippen LogP contribution in [0.5, 0.6) is 0 Å². The molecule has 0 amide bonds. The summed E-state index contributed by atoms with van der Waals surface area (Å²) in [5, 5.41) is 4.01. The average Bonchev–Trinajstić information content (AvgIpc) is 3.30. The summed E-state index contributed by atoms with van der Waals surface area (Å²) >= 11 is 0. The molecule has 158 valence electrons. The fourth-order valence-corrected chi connectivity index (χ4v) is 4.14. The van der Waals surface area contributed by atoms with E-state index in [1.54, 1.807) is 0 Å². The number of aromatic nitrogens is 3. The Morgan fingerprint density at radius 3 is 3.17 bits per heavy atom. The standard InChI is InChI=1S/C23H27FN4O2/c1-15-18(23(29)28-10-3-2-4-21(28)25-15)9-13-27-11-7-16(8-12-27)22-19-6-5-17(24)14-20(19)30-26-22/h5-6,14,16H,2-4,7-13H2,1H3/i1D3,4D2,5D,6D,7D,14D. The van der Waals surface area contributed by atoms with Gasteiger partial charge in [-0.3, -0.25) is 9.36 Å². The zero-order valence-corrected chi connectivity index (χ0v) is 16.3. The molecule has 5 rings (SSSR count). The predicted octanol–water partition coefficient (Wildman–Crippen LogP) is 3.59. The van der Waals surface area contributed by atoms with Crippen LogP contribution in [0.4, 0.5) is 4.39 Å². The van der Waals surface area contributed by atoms with Crippen molar-refractivity contribution >= 4 is 11.0 Å². The van der Waals surface area contributed by atoms with Crippen LogP contribution in [0.1, 0.15) is 66.7 Å². The predicted molar refractivity (Wildman–Crippen MR) is 112 cm³/mol. The minimum absolute atomic E-state index is 0.0226.